The Labute approximate surface area is 163 Å². The Kier molecular flexibility index (Phi) is 5.28. The molecule has 0 atom stereocenters. The van der Waals surface area contributed by atoms with E-state index in [0.717, 1.165) is 19.5 Å². The van der Waals surface area contributed by atoms with E-state index >= 15 is 0 Å². The van der Waals surface area contributed by atoms with Crippen LogP contribution in [0.15, 0.2) is 60.8 Å². The number of carbonyl (C=O) groups excluding carboxylic acids is 1. The van der Waals surface area contributed by atoms with Gasteiger partial charge in [-0.2, -0.15) is 0 Å². The van der Waals surface area contributed by atoms with Crippen LogP contribution in [0.1, 0.15) is 27.2 Å². The summed E-state index contributed by atoms with van der Waals surface area (Å²) in [6, 6.07) is 16.5. The third kappa shape index (κ3) is 4.01. The van der Waals surface area contributed by atoms with Crippen molar-refractivity contribution in [3.8, 4) is 0 Å². The molecule has 0 aliphatic carbocycles. The number of hydrogen-bond donors (Lipinski definition) is 1. The van der Waals surface area contributed by atoms with Gasteiger partial charge in [0.05, 0.1) is 0 Å². The van der Waals surface area contributed by atoms with E-state index in [2.05, 4.69) is 38.4 Å². The van der Waals surface area contributed by atoms with Gasteiger partial charge in [0.1, 0.15) is 11.5 Å². The normalized spacial score (nSPS) is 13.1. The van der Waals surface area contributed by atoms with E-state index < -0.39 is 0 Å². The number of benzene rings is 2. The van der Waals surface area contributed by atoms with Gasteiger partial charge in [0.15, 0.2) is 0 Å². The molecule has 28 heavy (non-hydrogen) atoms. The molecule has 0 spiro atoms. The maximum absolute atomic E-state index is 13.7. The molecule has 5 nitrogen and oxygen atoms in total. The number of nitrogens with zero attached hydrogens (tertiary/aromatic N) is 3. The zero-order valence-corrected chi connectivity index (χ0v) is 15.4. The Balaban J connectivity index is 1.39. The Morgan fingerprint density at radius 3 is 2.71 bits per heavy atom. The molecule has 0 bridgehead atoms. The van der Waals surface area contributed by atoms with E-state index in [1.807, 2.05) is 6.07 Å². The topological polar surface area (TPSA) is 58.1 Å². The first-order valence-electron chi connectivity index (χ1n) is 9.37. The first kappa shape index (κ1) is 18.1. The highest BCUT2D eigenvalue weighted by atomic mass is 19.1. The molecule has 0 unspecified atom stereocenters. The summed E-state index contributed by atoms with van der Waals surface area (Å²) in [4.78, 5) is 23.3. The lowest BCUT2D eigenvalue weighted by Crippen LogP contribution is -2.33. The smallest absolute Gasteiger partial charge is 0.270 e. The second-order valence-corrected chi connectivity index (χ2v) is 6.78. The molecule has 0 fully saturated rings. The van der Waals surface area contributed by atoms with Crippen LogP contribution >= 0.6 is 0 Å². The molecular formula is C22H21FN4O. The number of aromatic nitrogens is 2. The zero-order chi connectivity index (χ0) is 19.3. The number of nitrogens with one attached hydrogen (secondary N) is 1. The van der Waals surface area contributed by atoms with Crippen molar-refractivity contribution in [2.24, 2.45) is 0 Å². The molecule has 1 amide bonds. The van der Waals surface area contributed by atoms with Crippen molar-refractivity contribution in [3.05, 3.63) is 89.0 Å². The van der Waals surface area contributed by atoms with Gasteiger partial charge in [-0.05, 0) is 41.7 Å². The number of rotatable bonds is 5. The summed E-state index contributed by atoms with van der Waals surface area (Å²) in [6.07, 6.45) is 2.96. The van der Waals surface area contributed by atoms with Gasteiger partial charge < -0.3 is 10.2 Å². The van der Waals surface area contributed by atoms with Crippen LogP contribution in [0.2, 0.25) is 0 Å². The number of amides is 1. The molecule has 1 aromatic heterocycles. The average molecular weight is 376 g/mol. The van der Waals surface area contributed by atoms with Crippen molar-refractivity contribution in [2.45, 2.75) is 19.4 Å². The van der Waals surface area contributed by atoms with Crippen LogP contribution in [0, 0.1) is 5.82 Å². The molecule has 142 valence electrons. The molecule has 0 saturated carbocycles. The SMILES string of the molecule is O=C(NCCc1ccccc1F)c1ccnc(N2CCc3ccccc3C2)n1. The second kappa shape index (κ2) is 8.17. The van der Waals surface area contributed by atoms with Crippen LogP contribution in [0.5, 0.6) is 0 Å². The predicted molar refractivity (Wildman–Crippen MR) is 106 cm³/mol. The molecule has 1 N–H and O–H groups in total. The lowest BCUT2D eigenvalue weighted by molar-refractivity contribution is 0.0949. The van der Waals surface area contributed by atoms with Crippen molar-refractivity contribution in [1.82, 2.24) is 15.3 Å². The number of carbonyl (C=O) groups is 1. The summed E-state index contributed by atoms with van der Waals surface area (Å²) in [5.41, 5.74) is 3.51. The van der Waals surface area contributed by atoms with Crippen LogP contribution in [0.4, 0.5) is 10.3 Å². The molecule has 4 rings (SSSR count). The fourth-order valence-corrected chi connectivity index (χ4v) is 3.40. The van der Waals surface area contributed by atoms with Gasteiger partial charge in [0, 0.05) is 25.8 Å². The van der Waals surface area contributed by atoms with Gasteiger partial charge in [-0.15, -0.1) is 0 Å². The van der Waals surface area contributed by atoms with E-state index in [0.29, 0.717) is 30.2 Å². The maximum Gasteiger partial charge on any atom is 0.270 e. The minimum absolute atomic E-state index is 0.258. The first-order chi connectivity index (χ1) is 13.7. The summed E-state index contributed by atoms with van der Waals surface area (Å²) < 4.78 is 13.7. The highest BCUT2D eigenvalue weighted by Crippen LogP contribution is 2.21. The number of anilines is 1. The lowest BCUT2D eigenvalue weighted by atomic mass is 10.0. The third-order valence-corrected chi connectivity index (χ3v) is 4.93. The van der Waals surface area contributed by atoms with Gasteiger partial charge in [0.25, 0.3) is 5.91 Å². The Bertz CT molecular complexity index is 992. The summed E-state index contributed by atoms with van der Waals surface area (Å²) in [6.45, 7) is 1.89. The largest absolute Gasteiger partial charge is 0.350 e. The molecular weight excluding hydrogens is 355 g/mol. The van der Waals surface area contributed by atoms with Crippen LogP contribution in [-0.4, -0.2) is 29.0 Å². The fourth-order valence-electron chi connectivity index (χ4n) is 3.40. The third-order valence-electron chi connectivity index (χ3n) is 4.93. The van der Waals surface area contributed by atoms with Gasteiger partial charge in [-0.25, -0.2) is 14.4 Å². The van der Waals surface area contributed by atoms with Crippen LogP contribution in [0.3, 0.4) is 0 Å². The summed E-state index contributed by atoms with van der Waals surface area (Å²) in [5, 5.41) is 2.81. The molecule has 0 saturated heterocycles. The van der Waals surface area contributed by atoms with Gasteiger partial charge in [-0.3, -0.25) is 4.79 Å². The van der Waals surface area contributed by atoms with Crippen LogP contribution < -0.4 is 10.2 Å². The van der Waals surface area contributed by atoms with Crippen molar-refractivity contribution < 1.29 is 9.18 Å². The molecule has 3 aromatic rings. The number of halogens is 1. The van der Waals surface area contributed by atoms with E-state index in [4.69, 9.17) is 0 Å². The maximum atomic E-state index is 13.7. The summed E-state index contributed by atoms with van der Waals surface area (Å²) in [5.74, 6) is 0.0140. The Hall–Kier alpha value is -3.28. The lowest BCUT2D eigenvalue weighted by Gasteiger charge is -2.28. The van der Waals surface area contributed by atoms with E-state index in [1.165, 1.54) is 17.2 Å². The fraction of sp³-hybridized carbons (Fsp3) is 0.227. The number of fused-ring (bicyclic) bond motifs is 1. The number of hydrogen-bond acceptors (Lipinski definition) is 4. The zero-order valence-electron chi connectivity index (χ0n) is 15.4. The van der Waals surface area contributed by atoms with Gasteiger partial charge >= 0.3 is 0 Å². The highest BCUT2D eigenvalue weighted by Gasteiger charge is 2.19. The highest BCUT2D eigenvalue weighted by molar-refractivity contribution is 5.92. The summed E-state index contributed by atoms with van der Waals surface area (Å²) >= 11 is 0. The van der Waals surface area contributed by atoms with E-state index in [-0.39, 0.29) is 11.7 Å². The summed E-state index contributed by atoms with van der Waals surface area (Å²) in [7, 11) is 0. The molecule has 2 heterocycles. The molecule has 1 aliphatic heterocycles. The van der Waals surface area contributed by atoms with Crippen LogP contribution in [-0.2, 0) is 19.4 Å². The average Bonchev–Trinajstić information content (AvgIpc) is 2.75. The van der Waals surface area contributed by atoms with Gasteiger partial charge in [-0.1, -0.05) is 42.5 Å². The monoisotopic (exact) mass is 376 g/mol. The van der Waals surface area contributed by atoms with Gasteiger partial charge in [0.2, 0.25) is 5.95 Å². The quantitative estimate of drug-likeness (QED) is 0.743. The second-order valence-electron chi connectivity index (χ2n) is 6.78. The molecule has 2 aromatic carbocycles. The Morgan fingerprint density at radius 2 is 1.86 bits per heavy atom. The molecule has 1 aliphatic rings. The van der Waals surface area contributed by atoms with Crippen molar-refractivity contribution in [2.75, 3.05) is 18.0 Å². The molecule has 6 heteroatoms. The van der Waals surface area contributed by atoms with Crippen molar-refractivity contribution >= 4 is 11.9 Å². The van der Waals surface area contributed by atoms with E-state index in [9.17, 15) is 9.18 Å². The van der Waals surface area contributed by atoms with Crippen molar-refractivity contribution in [3.63, 3.8) is 0 Å². The Morgan fingerprint density at radius 1 is 1.07 bits per heavy atom. The van der Waals surface area contributed by atoms with Crippen LogP contribution in [0.25, 0.3) is 0 Å². The minimum Gasteiger partial charge on any atom is -0.350 e. The minimum atomic E-state index is -0.280. The van der Waals surface area contributed by atoms with E-state index in [1.54, 1.807) is 30.5 Å². The standard InChI is InChI=1S/C22H21FN4O/c23-19-8-4-3-6-17(19)9-12-24-21(28)20-10-13-25-22(26-20)27-14-11-16-5-1-2-7-18(16)15-27/h1-8,10,13H,9,11-12,14-15H2,(H,24,28). The first-order valence-corrected chi connectivity index (χ1v) is 9.37. The van der Waals surface area contributed by atoms with Crippen molar-refractivity contribution in [1.29, 1.82) is 0 Å². The predicted octanol–water partition coefficient (Wildman–Crippen LogP) is 3.15. The molecule has 0 radical (unpaired) electrons.